The molecule has 11 N–H and O–H groups in total. The van der Waals surface area contributed by atoms with Gasteiger partial charge in [-0.3, -0.25) is 24.0 Å². The van der Waals surface area contributed by atoms with Crippen LogP contribution in [0.4, 0.5) is 4.79 Å². The fraction of sp³-hybridized carbons (Fsp3) is 0.745. The van der Waals surface area contributed by atoms with Gasteiger partial charge in [-0.1, -0.05) is 197 Å². The highest BCUT2D eigenvalue weighted by atomic mass is 35.5. The molecule has 706 valence electrons. The van der Waals surface area contributed by atoms with Crippen LogP contribution in [0, 0.1) is 109 Å². The van der Waals surface area contributed by atoms with Gasteiger partial charge in [-0.15, -0.1) is 35.0 Å². The molecule has 124 heavy (non-hydrogen) atoms. The summed E-state index contributed by atoms with van der Waals surface area (Å²) in [5, 5.41) is 50.4. The number of fused-ring (bicyclic) bond motifs is 10. The van der Waals surface area contributed by atoms with Crippen LogP contribution in [0.25, 0.3) is 0 Å². The second-order valence-corrected chi connectivity index (χ2v) is 46.1. The Labute approximate surface area is 774 Å². The van der Waals surface area contributed by atoms with Gasteiger partial charge in [0.25, 0.3) is 6.47 Å². The topological polar surface area (TPSA) is 309 Å². The summed E-state index contributed by atoms with van der Waals surface area (Å²) in [5.74, 6) is 4.71. The quantitative estimate of drug-likeness (QED) is 0.0151. The molecule has 17 nitrogen and oxygen atoms in total. The van der Waals surface area contributed by atoms with Gasteiger partial charge in [0, 0.05) is 34.0 Å². The molecule has 10 aliphatic rings. The van der Waals surface area contributed by atoms with Crippen LogP contribution in [0.3, 0.4) is 0 Å². The minimum atomic E-state index is -0.779. The molecule has 0 radical (unpaired) electrons. The number of rotatable bonds is 15. The lowest BCUT2D eigenvalue weighted by atomic mass is 9.34. The maximum atomic E-state index is 12.6. The normalized spacial score (nSPS) is 34.3. The van der Waals surface area contributed by atoms with Crippen molar-refractivity contribution in [2.75, 3.05) is 25.7 Å². The summed E-state index contributed by atoms with van der Waals surface area (Å²) in [6, 6.07) is 5.40. The van der Waals surface area contributed by atoms with Gasteiger partial charge in [-0.2, -0.15) is 25.3 Å². The van der Waals surface area contributed by atoms with Crippen LogP contribution < -0.4 is 21.9 Å². The van der Waals surface area contributed by atoms with E-state index in [1.54, 1.807) is 38.1 Å². The van der Waals surface area contributed by atoms with Crippen molar-refractivity contribution in [1.29, 1.82) is 0 Å². The van der Waals surface area contributed by atoms with Gasteiger partial charge < -0.3 is 56.9 Å². The number of hydrogen-bond donors (Lipinski definition) is 10. The number of primary amides is 3. The molecule has 12 rings (SSSR count). The van der Waals surface area contributed by atoms with Crippen molar-refractivity contribution in [1.82, 2.24) is 0 Å². The van der Waals surface area contributed by atoms with E-state index in [1.165, 1.54) is 47.9 Å². The number of thiol groups is 2. The maximum absolute atomic E-state index is 12.6. The number of aliphatic hydroxyl groups is 2. The van der Waals surface area contributed by atoms with Crippen LogP contribution in [0.2, 0.25) is 0 Å². The van der Waals surface area contributed by atoms with Gasteiger partial charge in [-0.05, 0) is 320 Å². The SMILES string of the molecule is CC(C)S.CC(C)S.CCOC(=O)Oc1cc2c(cc1O)[C@@H](C)C([C@@H](C)CC)CC2.CCOC=O.CC[C@@H](C)[C@@H]1C[C@](C)(C(N)=O)CC[C@H]1C.CC[C@@]1(C)[C@@H]2C[C@](C)(C(N)=O)CC[C@]2(C)CC[C@]1(C)C1CC=C2C=C(O)C(=O)C=C2[C@H]1C.CO.Cc1c(O)c(O)cc2c1C(SC(C)C)C=C1[C@@]2(C)CC[C@@]2(C)[C@@H]3C[C@](C)(C(N)=O)CC[C@]3(C)CC[C@]12C.ClCCl. The number of hydrogen-bond acceptors (Lipinski definition) is 17. The van der Waals surface area contributed by atoms with Crippen molar-refractivity contribution < 1.29 is 68.5 Å². The maximum Gasteiger partial charge on any atom is 0.513 e. The zero-order valence-corrected chi connectivity index (χ0v) is 85.5. The molecule has 21 atom stereocenters. The predicted molar refractivity (Wildman–Crippen MR) is 520 cm³/mol. The van der Waals surface area contributed by atoms with Crippen molar-refractivity contribution in [2.24, 2.45) is 119 Å². The third-order valence-electron chi connectivity index (χ3n) is 32.8. The summed E-state index contributed by atoms with van der Waals surface area (Å²) >= 11 is 19.4. The summed E-state index contributed by atoms with van der Waals surface area (Å²) in [7, 11) is 1.00. The fourth-order valence-electron chi connectivity index (χ4n) is 23.9. The van der Waals surface area contributed by atoms with Crippen LogP contribution in [-0.4, -0.2) is 103 Å². The number of nitrogens with two attached hydrogens (primary N) is 3. The van der Waals surface area contributed by atoms with Crippen LogP contribution in [-0.2, 0) is 45.3 Å². The monoisotopic (exact) mass is 1820 g/mol. The Kier molecular flexibility index (Phi) is 41.5. The number of ether oxygens (including phenoxy) is 3. The summed E-state index contributed by atoms with van der Waals surface area (Å²) in [5.41, 5.74) is 25.9. The fourth-order valence-corrected chi connectivity index (χ4v) is 25.2. The number of amides is 3. The number of aryl methyl sites for hydroxylation is 1. The largest absolute Gasteiger partial charge is 0.513 e. The van der Waals surface area contributed by atoms with E-state index in [9.17, 15) is 49.2 Å². The third-order valence-corrected chi connectivity index (χ3v) is 34.0. The summed E-state index contributed by atoms with van der Waals surface area (Å²) in [6.45, 7) is 60.8. The van der Waals surface area contributed by atoms with E-state index in [2.05, 4.69) is 174 Å². The van der Waals surface area contributed by atoms with Gasteiger partial charge in [0.1, 0.15) is 0 Å². The number of allylic oxidation sites excluding steroid dienone is 6. The Morgan fingerprint density at radius 2 is 1.13 bits per heavy atom. The molecule has 0 aromatic heterocycles. The van der Waals surface area contributed by atoms with E-state index in [0.29, 0.717) is 76.2 Å². The first-order valence-electron chi connectivity index (χ1n) is 46.4. The standard InChI is InChI=1S/C32H47NO3S.C28H41NO3.C18H26O4.C13H25NO.C3H6O2.2C3H8S.CH2Cl2.CH4O/c1-18(2)37-22-16-23-30(6,20-15-21(34)26(35)19(3)25(20)22)12-14-32(8)24-17-29(5,27(33)36)10-9-28(24,4)11-13-31(23,32)7;1-7-27(5)23-16-26(4,24(29)32)11-10-25(23,3)12-13-28(27,6)20-9-8-18-14-21(30)22(31)15-19(18)17(20)2;1-5-11(3)14-8-7-13-9-17(22-18(20)21-6-2)16(19)10-15(13)12(14)4;1-5-9(2)11-8-13(4,12(14)15)7-6-10(11)3;1-2-5-3-4;2*1-3(2)4;2-1-3;1-2/h15-16,18,22,24,34-35H,9-14,17H2,1-8H3,(H2,33,36);8,14-15,17,20,23,30H,7,9-13,16H2,1-6H3,(H2,29,32);9-12,14,19H,5-8H2,1-4H3;9-11H,5-8H2,1-4H3,(H2,14,15);3H,2H2,1H3;2*3-4H,1-2H3;1H2;2H,1H3/t22?,24-,28-,29-,30+,31-,32+;17-,20?,23-,25-,26-,27+,28-;11-,12-,14?;9-,10-,11+,13-;;;;;/m1101...../s1. The molecule has 6 saturated carbocycles. The molecule has 10 aliphatic carbocycles. The van der Waals surface area contributed by atoms with E-state index >= 15 is 0 Å². The van der Waals surface area contributed by atoms with Gasteiger partial charge in [-0.25, -0.2) is 4.79 Å². The molecule has 3 amide bonds. The predicted octanol–water partition coefficient (Wildman–Crippen LogP) is 25.2. The molecule has 2 aromatic carbocycles. The molecule has 2 aromatic rings. The Morgan fingerprint density at radius 3 is 1.62 bits per heavy atom. The highest BCUT2D eigenvalue weighted by Gasteiger charge is 2.68. The molecular formula is C102H167Cl2N3O14S3. The number of carbonyl (C=O) groups is 6. The smallest absolute Gasteiger partial charge is 0.504 e. The molecule has 22 heteroatoms. The first-order valence-corrected chi connectivity index (χ1v) is 49.4. The number of aromatic hydroxyl groups is 3. The Morgan fingerprint density at radius 1 is 0.629 bits per heavy atom. The molecule has 0 saturated heterocycles. The molecule has 6 fully saturated rings. The van der Waals surface area contributed by atoms with E-state index in [4.69, 9.17) is 55.0 Å². The number of aliphatic hydroxyl groups excluding tert-OH is 2. The molecule has 0 spiro atoms. The zero-order valence-electron chi connectivity index (χ0n) is 81.4. The number of alkyl halides is 2. The highest BCUT2D eigenvalue weighted by molar-refractivity contribution is 8.00. The Bertz CT molecular complexity index is 4060. The first kappa shape index (κ1) is 111. The van der Waals surface area contributed by atoms with Crippen molar-refractivity contribution in [2.45, 2.75) is 354 Å². The lowest BCUT2D eigenvalue weighted by Crippen LogP contribution is -2.63. The van der Waals surface area contributed by atoms with Crippen molar-refractivity contribution >= 4 is 96.4 Å². The van der Waals surface area contributed by atoms with E-state index in [0.717, 1.165) is 144 Å². The van der Waals surface area contributed by atoms with Gasteiger partial charge in [0.2, 0.25) is 23.5 Å². The highest BCUT2D eigenvalue weighted by Crippen LogP contribution is 2.76. The minimum Gasteiger partial charge on any atom is -0.504 e. The van der Waals surface area contributed by atoms with Gasteiger partial charge in [0.05, 0.1) is 18.6 Å². The van der Waals surface area contributed by atoms with Crippen molar-refractivity contribution in [3.8, 4) is 23.0 Å². The lowest BCUT2D eigenvalue weighted by Gasteiger charge is -2.70. The number of thioether (sulfide) groups is 1. The average molecular weight is 1830 g/mol. The van der Waals surface area contributed by atoms with Gasteiger partial charge in [0.15, 0.2) is 28.8 Å². The third kappa shape index (κ3) is 24.6. The van der Waals surface area contributed by atoms with Crippen molar-refractivity contribution in [3.05, 3.63) is 92.8 Å². The van der Waals surface area contributed by atoms with Gasteiger partial charge >= 0.3 is 6.16 Å². The number of ketones is 1. The Hall–Kier alpha value is -4.99. The number of carbonyl (C=O) groups excluding carboxylic acids is 6. The van der Waals surface area contributed by atoms with Crippen LogP contribution in [0.1, 0.15) is 347 Å². The number of phenolic OH excluding ortho intramolecular Hbond substituents is 3. The molecule has 3 unspecified atom stereocenters. The van der Waals surface area contributed by atoms with Crippen molar-refractivity contribution in [3.63, 3.8) is 0 Å². The number of halogens is 2. The van der Waals surface area contributed by atoms with Crippen LogP contribution in [0.15, 0.2) is 65.0 Å². The molecule has 0 aliphatic heterocycles. The second kappa shape index (κ2) is 46.2. The second-order valence-electron chi connectivity index (χ2n) is 41.5. The van der Waals surface area contributed by atoms with E-state index in [-0.39, 0.29) is 119 Å². The molecule has 0 bridgehead atoms. The van der Waals surface area contributed by atoms with E-state index < -0.39 is 17.0 Å². The number of phenols is 3. The summed E-state index contributed by atoms with van der Waals surface area (Å²) in [6.07, 6.45) is 29.3. The van der Waals surface area contributed by atoms with Crippen LogP contribution in [0.5, 0.6) is 23.0 Å². The molecular weight excluding hydrogens is 1660 g/mol. The minimum absolute atomic E-state index is 0.00320. The average Bonchev–Trinajstić information content (AvgIpc) is 0.672. The summed E-state index contributed by atoms with van der Waals surface area (Å²) < 4.78 is 14.0. The lowest BCUT2D eigenvalue weighted by molar-refractivity contribution is -0.182. The summed E-state index contributed by atoms with van der Waals surface area (Å²) in [4.78, 5) is 69.4. The van der Waals surface area contributed by atoms with E-state index in [1.807, 2.05) is 59.4 Å². The number of benzene rings is 2. The Balaban J connectivity index is 0.000000336. The molecule has 0 heterocycles. The van der Waals surface area contributed by atoms with Crippen LogP contribution >= 0.6 is 60.2 Å². The zero-order chi connectivity index (χ0) is 94.9. The first-order chi connectivity index (χ1) is 57.5.